The third kappa shape index (κ3) is 1.70. The van der Waals surface area contributed by atoms with Gasteiger partial charge in [0, 0.05) is 13.1 Å². The van der Waals surface area contributed by atoms with Crippen molar-refractivity contribution in [1.82, 2.24) is 10.2 Å². The van der Waals surface area contributed by atoms with E-state index in [1.807, 2.05) is 6.92 Å². The lowest BCUT2D eigenvalue weighted by Gasteiger charge is -2.20. The van der Waals surface area contributed by atoms with Gasteiger partial charge in [-0.25, -0.2) is 5.32 Å². The van der Waals surface area contributed by atoms with Crippen LogP contribution in [0.3, 0.4) is 0 Å². The number of amides is 1. The largest absolute Gasteiger partial charge is 0.282 e. The van der Waals surface area contributed by atoms with Crippen molar-refractivity contribution < 1.29 is 4.79 Å². The van der Waals surface area contributed by atoms with Gasteiger partial charge in [0.25, 0.3) is 0 Å². The van der Waals surface area contributed by atoms with Crippen LogP contribution in [0, 0.1) is 0 Å². The van der Waals surface area contributed by atoms with Crippen LogP contribution < -0.4 is 5.32 Å². The van der Waals surface area contributed by atoms with E-state index in [4.69, 9.17) is 0 Å². The highest BCUT2D eigenvalue weighted by molar-refractivity contribution is 5.45. The summed E-state index contributed by atoms with van der Waals surface area (Å²) in [6.45, 7) is 4.15. The molecule has 1 heterocycles. The SMILES string of the molecule is CC([N]C=O)N1CCCC1. The number of carbonyl (C=O) groups is 1. The normalized spacial score (nSPS) is 22.5. The molecule has 1 rings (SSSR count). The maximum Gasteiger partial charge on any atom is 0.229 e. The molecule has 1 unspecified atom stereocenters. The van der Waals surface area contributed by atoms with Crippen molar-refractivity contribution in [1.29, 1.82) is 0 Å². The topological polar surface area (TPSA) is 34.4 Å². The van der Waals surface area contributed by atoms with Gasteiger partial charge in [0.1, 0.15) is 6.17 Å². The number of nitrogens with zero attached hydrogens (tertiary/aromatic N) is 2. The van der Waals surface area contributed by atoms with E-state index in [1.54, 1.807) is 0 Å². The van der Waals surface area contributed by atoms with Gasteiger partial charge in [-0.1, -0.05) is 0 Å². The summed E-state index contributed by atoms with van der Waals surface area (Å²) >= 11 is 0. The molecule has 0 aromatic rings. The first-order chi connectivity index (χ1) is 4.84. The van der Waals surface area contributed by atoms with Crippen molar-refractivity contribution in [3.8, 4) is 0 Å². The molecule has 0 N–H and O–H groups in total. The van der Waals surface area contributed by atoms with E-state index in [9.17, 15) is 4.79 Å². The van der Waals surface area contributed by atoms with Crippen LogP contribution in [-0.4, -0.2) is 30.6 Å². The number of hydrogen-bond acceptors (Lipinski definition) is 2. The molecule has 1 fully saturated rings. The summed E-state index contributed by atoms with van der Waals surface area (Å²) in [5.41, 5.74) is 0. The molecular weight excluding hydrogens is 128 g/mol. The van der Waals surface area contributed by atoms with Crippen LogP contribution in [0.5, 0.6) is 0 Å². The Balaban J connectivity index is 2.24. The first kappa shape index (κ1) is 7.54. The van der Waals surface area contributed by atoms with E-state index in [1.165, 1.54) is 12.8 Å². The summed E-state index contributed by atoms with van der Waals surface area (Å²) in [7, 11) is 0. The first-order valence-corrected chi connectivity index (χ1v) is 3.72. The van der Waals surface area contributed by atoms with E-state index in [-0.39, 0.29) is 6.17 Å². The lowest BCUT2D eigenvalue weighted by atomic mass is 10.4. The predicted molar refractivity (Wildman–Crippen MR) is 38.5 cm³/mol. The Kier molecular flexibility index (Phi) is 2.68. The van der Waals surface area contributed by atoms with Gasteiger partial charge in [-0.2, -0.15) is 0 Å². The Morgan fingerprint density at radius 3 is 2.60 bits per heavy atom. The smallest absolute Gasteiger partial charge is 0.229 e. The van der Waals surface area contributed by atoms with Crippen LogP contribution in [0.2, 0.25) is 0 Å². The van der Waals surface area contributed by atoms with Gasteiger partial charge in [0.2, 0.25) is 6.41 Å². The third-order valence-corrected chi connectivity index (χ3v) is 1.95. The highest BCUT2D eigenvalue weighted by atomic mass is 16.1. The molecule has 0 aliphatic carbocycles. The van der Waals surface area contributed by atoms with Gasteiger partial charge in [0.15, 0.2) is 0 Å². The lowest BCUT2D eigenvalue weighted by Crippen LogP contribution is -2.36. The van der Waals surface area contributed by atoms with Crippen LogP contribution in [0.15, 0.2) is 0 Å². The second-order valence-corrected chi connectivity index (χ2v) is 2.63. The lowest BCUT2D eigenvalue weighted by molar-refractivity contribution is -0.111. The van der Waals surface area contributed by atoms with E-state index < -0.39 is 0 Å². The highest BCUT2D eigenvalue weighted by Gasteiger charge is 2.17. The monoisotopic (exact) mass is 141 g/mol. The third-order valence-electron chi connectivity index (χ3n) is 1.95. The number of hydrogen-bond donors (Lipinski definition) is 0. The molecular formula is C7H13N2O. The molecule has 10 heavy (non-hydrogen) atoms. The van der Waals surface area contributed by atoms with E-state index in [0.29, 0.717) is 6.41 Å². The Labute approximate surface area is 61.4 Å². The molecule has 1 saturated heterocycles. The first-order valence-electron chi connectivity index (χ1n) is 3.72. The molecule has 0 aromatic carbocycles. The molecule has 1 aliphatic heterocycles. The van der Waals surface area contributed by atoms with Crippen molar-refractivity contribution in [2.45, 2.75) is 25.9 Å². The molecule has 0 bridgehead atoms. The molecule has 57 valence electrons. The Hall–Kier alpha value is -0.570. The maximum absolute atomic E-state index is 9.98. The van der Waals surface area contributed by atoms with E-state index >= 15 is 0 Å². The van der Waals surface area contributed by atoms with E-state index in [0.717, 1.165) is 13.1 Å². The minimum atomic E-state index is 0.0972. The molecule has 3 nitrogen and oxygen atoms in total. The molecule has 0 aromatic heterocycles. The summed E-state index contributed by atoms with van der Waals surface area (Å²) < 4.78 is 0. The average Bonchev–Trinajstić information content (AvgIpc) is 2.38. The van der Waals surface area contributed by atoms with Gasteiger partial charge < -0.3 is 0 Å². The maximum atomic E-state index is 9.98. The number of rotatable bonds is 3. The van der Waals surface area contributed by atoms with Crippen molar-refractivity contribution in [3.05, 3.63) is 0 Å². The summed E-state index contributed by atoms with van der Waals surface area (Å²) in [5.74, 6) is 0. The Morgan fingerprint density at radius 1 is 1.50 bits per heavy atom. The van der Waals surface area contributed by atoms with Crippen LogP contribution in [0.4, 0.5) is 0 Å². The van der Waals surface area contributed by atoms with Crippen LogP contribution in [0.1, 0.15) is 19.8 Å². The molecule has 1 atom stereocenters. The predicted octanol–water partition coefficient (Wildman–Crippen LogP) is 0.189. The van der Waals surface area contributed by atoms with Crippen molar-refractivity contribution in [2.24, 2.45) is 0 Å². The number of carbonyl (C=O) groups excluding carboxylic acids is 1. The van der Waals surface area contributed by atoms with Crippen molar-refractivity contribution in [3.63, 3.8) is 0 Å². The van der Waals surface area contributed by atoms with Crippen LogP contribution in [0.25, 0.3) is 0 Å². The van der Waals surface area contributed by atoms with Gasteiger partial charge in [0.05, 0.1) is 0 Å². The van der Waals surface area contributed by atoms with Crippen molar-refractivity contribution >= 4 is 6.41 Å². The van der Waals surface area contributed by atoms with Gasteiger partial charge in [-0.3, -0.25) is 9.69 Å². The van der Waals surface area contributed by atoms with Gasteiger partial charge in [-0.15, -0.1) is 0 Å². The quantitative estimate of drug-likeness (QED) is 0.526. The zero-order chi connectivity index (χ0) is 7.40. The summed E-state index contributed by atoms with van der Waals surface area (Å²) in [5, 5.41) is 3.75. The fourth-order valence-electron chi connectivity index (χ4n) is 1.30. The molecule has 0 spiro atoms. The second-order valence-electron chi connectivity index (χ2n) is 2.63. The van der Waals surface area contributed by atoms with Crippen LogP contribution in [-0.2, 0) is 4.79 Å². The Morgan fingerprint density at radius 2 is 2.10 bits per heavy atom. The minimum absolute atomic E-state index is 0.0972. The summed E-state index contributed by atoms with van der Waals surface area (Å²) in [6.07, 6.45) is 3.24. The zero-order valence-corrected chi connectivity index (χ0v) is 6.29. The average molecular weight is 141 g/mol. The second kappa shape index (κ2) is 3.56. The minimum Gasteiger partial charge on any atom is -0.282 e. The number of likely N-dealkylation sites (tertiary alicyclic amines) is 1. The fourth-order valence-corrected chi connectivity index (χ4v) is 1.30. The zero-order valence-electron chi connectivity index (χ0n) is 6.29. The Bertz CT molecular complexity index is 110. The van der Waals surface area contributed by atoms with Crippen LogP contribution >= 0.6 is 0 Å². The fraction of sp³-hybridized carbons (Fsp3) is 0.857. The van der Waals surface area contributed by atoms with Crippen molar-refractivity contribution in [2.75, 3.05) is 13.1 Å². The summed E-state index contributed by atoms with van der Waals surface area (Å²) in [4.78, 5) is 12.2. The van der Waals surface area contributed by atoms with Gasteiger partial charge in [-0.05, 0) is 19.8 Å². The highest BCUT2D eigenvalue weighted by Crippen LogP contribution is 2.09. The molecule has 1 aliphatic rings. The molecule has 0 saturated carbocycles. The molecule has 1 radical (unpaired) electrons. The summed E-state index contributed by atoms with van der Waals surface area (Å²) in [6, 6.07) is 0. The standard InChI is InChI=1S/C7H13N2O/c1-7(8-6-10)9-4-2-3-5-9/h6-7H,2-5H2,1H3. The van der Waals surface area contributed by atoms with Gasteiger partial charge >= 0.3 is 0 Å². The molecule has 3 heteroatoms. The van der Waals surface area contributed by atoms with E-state index in [2.05, 4.69) is 10.2 Å². The molecule has 1 amide bonds.